The predicted octanol–water partition coefficient (Wildman–Crippen LogP) is 4.60. The Morgan fingerprint density at radius 2 is 1.97 bits per heavy atom. The number of halogens is 2. The Hall–Kier alpha value is -1.36. The lowest BCUT2D eigenvalue weighted by atomic mass is 10.1. The van der Waals surface area contributed by atoms with Gasteiger partial charge < -0.3 is 15.2 Å². The highest BCUT2D eigenvalue weighted by atomic mass is 127. The second kappa shape index (κ2) is 13.9. The van der Waals surface area contributed by atoms with Crippen molar-refractivity contribution in [2.45, 2.75) is 63.1 Å². The topological polar surface area (TPSA) is 67.1 Å². The first kappa shape index (κ1) is 25.9. The van der Waals surface area contributed by atoms with Crippen LogP contribution in [0.15, 0.2) is 34.4 Å². The van der Waals surface area contributed by atoms with Gasteiger partial charge in [0.25, 0.3) is 0 Å². The fourth-order valence-corrected chi connectivity index (χ4v) is 4.51. The molecule has 0 unspecified atom stereocenters. The van der Waals surface area contributed by atoms with Crippen molar-refractivity contribution < 1.29 is 4.39 Å². The van der Waals surface area contributed by atoms with Gasteiger partial charge in [0.1, 0.15) is 11.6 Å². The van der Waals surface area contributed by atoms with E-state index in [2.05, 4.69) is 36.6 Å². The summed E-state index contributed by atoms with van der Waals surface area (Å²) in [6.45, 7) is 4.18. The van der Waals surface area contributed by atoms with E-state index in [1.54, 1.807) is 17.8 Å². The van der Waals surface area contributed by atoms with Gasteiger partial charge >= 0.3 is 0 Å². The lowest BCUT2D eigenvalue weighted by Crippen LogP contribution is -2.38. The molecule has 1 aliphatic rings. The van der Waals surface area contributed by atoms with Crippen LogP contribution in [0.1, 0.15) is 56.5 Å². The van der Waals surface area contributed by atoms with Crippen LogP contribution in [0.4, 0.5) is 4.39 Å². The predicted molar refractivity (Wildman–Crippen MR) is 137 cm³/mol. The van der Waals surface area contributed by atoms with Crippen molar-refractivity contribution in [1.82, 2.24) is 25.4 Å². The lowest BCUT2D eigenvalue weighted by Gasteiger charge is -2.16. The molecule has 1 saturated carbocycles. The Morgan fingerprint density at radius 3 is 2.68 bits per heavy atom. The lowest BCUT2D eigenvalue weighted by molar-refractivity contribution is 0.461. The van der Waals surface area contributed by atoms with Crippen LogP contribution in [-0.4, -0.2) is 46.6 Å². The summed E-state index contributed by atoms with van der Waals surface area (Å²) in [5.41, 5.74) is 0.719. The smallest absolute Gasteiger partial charge is 0.191 e. The summed E-state index contributed by atoms with van der Waals surface area (Å²) in [5, 5.41) is 16.4. The van der Waals surface area contributed by atoms with Crippen LogP contribution in [0.25, 0.3) is 0 Å². The van der Waals surface area contributed by atoms with Gasteiger partial charge in [0.2, 0.25) is 0 Å². The van der Waals surface area contributed by atoms with E-state index in [1.807, 2.05) is 19.1 Å². The third-order valence-corrected chi connectivity index (χ3v) is 6.07. The maximum atomic E-state index is 13.8. The molecular formula is C22H34FIN6S. The zero-order valence-corrected chi connectivity index (χ0v) is 21.6. The van der Waals surface area contributed by atoms with E-state index in [4.69, 9.17) is 0 Å². The molecule has 0 atom stereocenters. The summed E-state index contributed by atoms with van der Waals surface area (Å²) in [5.74, 6) is 1.70. The standard InChI is InChI=1S/C22H33FN6S.HI/c1-3-24-21(26-16-14-17-9-4-7-12-19(17)23)25-15-8-13-20-27-28-22(30-2)29(20)18-10-5-6-11-18;/h4,7,9,12,18H,3,5-6,8,10-11,13-16H2,1-2H3,(H2,24,25,26);1H. The average Bonchev–Trinajstić information content (AvgIpc) is 3.41. The number of nitrogens with zero attached hydrogens (tertiary/aromatic N) is 4. The Labute approximate surface area is 206 Å². The van der Waals surface area contributed by atoms with Crippen LogP contribution in [0.2, 0.25) is 0 Å². The zero-order chi connectivity index (χ0) is 21.2. The number of benzene rings is 1. The van der Waals surface area contributed by atoms with Crippen molar-refractivity contribution in [2.24, 2.45) is 4.99 Å². The van der Waals surface area contributed by atoms with E-state index < -0.39 is 0 Å². The maximum Gasteiger partial charge on any atom is 0.191 e. The normalized spacial score (nSPS) is 14.5. The maximum absolute atomic E-state index is 13.8. The molecule has 0 saturated heterocycles. The molecule has 0 amide bonds. The summed E-state index contributed by atoms with van der Waals surface area (Å²) in [6, 6.07) is 7.46. The molecule has 0 aliphatic heterocycles. The molecule has 0 radical (unpaired) electrons. The van der Waals surface area contributed by atoms with E-state index in [1.165, 1.54) is 31.7 Å². The van der Waals surface area contributed by atoms with Crippen LogP contribution in [0, 0.1) is 5.82 Å². The number of nitrogens with one attached hydrogen (secondary N) is 2. The fraction of sp³-hybridized carbons (Fsp3) is 0.591. The van der Waals surface area contributed by atoms with Crippen LogP contribution in [0.5, 0.6) is 0 Å². The highest BCUT2D eigenvalue weighted by Crippen LogP contribution is 2.33. The Kier molecular flexibility index (Phi) is 11.6. The Bertz CT molecular complexity index is 822. The zero-order valence-electron chi connectivity index (χ0n) is 18.4. The third kappa shape index (κ3) is 7.62. The molecule has 1 aromatic carbocycles. The van der Waals surface area contributed by atoms with Gasteiger partial charge in [-0.2, -0.15) is 0 Å². The molecule has 1 aromatic heterocycles. The van der Waals surface area contributed by atoms with Crippen LogP contribution >= 0.6 is 35.7 Å². The van der Waals surface area contributed by atoms with Crippen LogP contribution in [0.3, 0.4) is 0 Å². The molecule has 1 heterocycles. The third-order valence-electron chi connectivity index (χ3n) is 5.42. The van der Waals surface area contributed by atoms with E-state index in [0.717, 1.165) is 41.9 Å². The minimum absolute atomic E-state index is 0. The van der Waals surface area contributed by atoms with Crippen molar-refractivity contribution >= 4 is 41.7 Å². The molecule has 1 fully saturated rings. The molecule has 31 heavy (non-hydrogen) atoms. The van der Waals surface area contributed by atoms with Crippen molar-refractivity contribution in [3.63, 3.8) is 0 Å². The van der Waals surface area contributed by atoms with Crippen molar-refractivity contribution in [3.8, 4) is 0 Å². The van der Waals surface area contributed by atoms with Gasteiger partial charge in [-0.05, 0) is 50.5 Å². The first-order valence-electron chi connectivity index (χ1n) is 11.0. The molecule has 172 valence electrons. The largest absolute Gasteiger partial charge is 0.357 e. The molecule has 0 spiro atoms. The molecule has 0 bridgehead atoms. The number of hydrogen-bond donors (Lipinski definition) is 2. The number of rotatable bonds is 10. The van der Waals surface area contributed by atoms with Gasteiger partial charge in [-0.25, -0.2) is 4.39 Å². The number of guanidine groups is 1. The molecule has 1 aliphatic carbocycles. The quantitative estimate of drug-likeness (QED) is 0.146. The second-order valence-electron chi connectivity index (χ2n) is 7.54. The SMILES string of the molecule is CCNC(=NCCCc1nnc(SC)n1C1CCCC1)NCCc1ccccc1F.I. The Morgan fingerprint density at radius 1 is 1.19 bits per heavy atom. The number of aromatic nitrogens is 3. The molecular weight excluding hydrogens is 526 g/mol. The first-order valence-corrected chi connectivity index (χ1v) is 12.2. The molecule has 2 aromatic rings. The molecule has 6 nitrogen and oxygen atoms in total. The van der Waals surface area contributed by atoms with Crippen molar-refractivity contribution in [1.29, 1.82) is 0 Å². The van der Waals surface area contributed by atoms with Gasteiger partial charge in [-0.1, -0.05) is 42.8 Å². The number of aryl methyl sites for hydroxylation is 1. The number of thioether (sulfide) groups is 1. The van der Waals surface area contributed by atoms with Crippen molar-refractivity contribution in [3.05, 3.63) is 41.5 Å². The average molecular weight is 561 g/mol. The Balaban J connectivity index is 0.00000341. The van der Waals surface area contributed by atoms with Gasteiger partial charge in [0.15, 0.2) is 11.1 Å². The highest BCUT2D eigenvalue weighted by molar-refractivity contribution is 14.0. The van der Waals surface area contributed by atoms with E-state index in [0.29, 0.717) is 25.6 Å². The minimum Gasteiger partial charge on any atom is -0.357 e. The number of aliphatic imine (C=N–C) groups is 1. The number of hydrogen-bond acceptors (Lipinski definition) is 4. The van der Waals surface area contributed by atoms with Gasteiger partial charge in [-0.15, -0.1) is 34.2 Å². The van der Waals surface area contributed by atoms with E-state index in [9.17, 15) is 4.39 Å². The summed E-state index contributed by atoms with van der Waals surface area (Å²) in [7, 11) is 0. The van der Waals surface area contributed by atoms with E-state index in [-0.39, 0.29) is 29.8 Å². The monoisotopic (exact) mass is 560 g/mol. The summed E-state index contributed by atoms with van der Waals surface area (Å²) in [4.78, 5) is 4.67. The van der Waals surface area contributed by atoms with Crippen LogP contribution in [-0.2, 0) is 12.8 Å². The minimum atomic E-state index is -0.155. The van der Waals surface area contributed by atoms with Crippen molar-refractivity contribution in [2.75, 3.05) is 25.9 Å². The van der Waals surface area contributed by atoms with E-state index >= 15 is 0 Å². The van der Waals surface area contributed by atoms with Gasteiger partial charge in [-0.3, -0.25) is 4.99 Å². The van der Waals surface area contributed by atoms with Crippen LogP contribution < -0.4 is 10.6 Å². The highest BCUT2D eigenvalue weighted by Gasteiger charge is 2.23. The second-order valence-corrected chi connectivity index (χ2v) is 8.32. The first-order chi connectivity index (χ1) is 14.7. The fourth-order valence-electron chi connectivity index (χ4n) is 3.93. The molecule has 2 N–H and O–H groups in total. The van der Waals surface area contributed by atoms with Gasteiger partial charge in [0.05, 0.1) is 0 Å². The summed E-state index contributed by atoms with van der Waals surface area (Å²) < 4.78 is 16.1. The van der Waals surface area contributed by atoms with Gasteiger partial charge in [0, 0.05) is 32.1 Å². The molecule has 9 heteroatoms. The summed E-state index contributed by atoms with van der Waals surface area (Å²) >= 11 is 1.68. The summed E-state index contributed by atoms with van der Waals surface area (Å²) in [6.07, 6.45) is 9.54. The molecule has 3 rings (SSSR count).